The molecule has 146 valence electrons. The second-order valence-corrected chi connectivity index (χ2v) is 6.42. The van der Waals surface area contributed by atoms with Gasteiger partial charge in [-0.15, -0.1) is 0 Å². The standard InChI is InChI=1S/C18H16F2N4O3S/c1-26-13-7-4-5-11(16(13)27-17(19)20)9-22-24-15(25)10-21-18-23-12-6-2-3-8-14(12)28-18/h2-9,17H,10H2,1H3,(H,21,23)(H,24,25)/b22-9-. The first-order valence-corrected chi connectivity index (χ1v) is 8.91. The number of nitrogens with zero attached hydrogens (tertiary/aromatic N) is 2. The van der Waals surface area contributed by atoms with Crippen LogP contribution in [-0.2, 0) is 4.79 Å². The molecule has 2 aromatic carbocycles. The zero-order valence-corrected chi connectivity index (χ0v) is 15.5. The number of alkyl halides is 2. The molecule has 0 aliphatic carbocycles. The van der Waals surface area contributed by atoms with Gasteiger partial charge < -0.3 is 14.8 Å². The van der Waals surface area contributed by atoms with E-state index < -0.39 is 12.5 Å². The molecule has 1 amide bonds. The molecule has 10 heteroatoms. The van der Waals surface area contributed by atoms with Crippen LogP contribution in [0.4, 0.5) is 13.9 Å². The maximum atomic E-state index is 12.6. The van der Waals surface area contributed by atoms with E-state index in [0.29, 0.717) is 5.13 Å². The molecule has 28 heavy (non-hydrogen) atoms. The molecule has 0 aliphatic heterocycles. The zero-order chi connectivity index (χ0) is 19.9. The van der Waals surface area contributed by atoms with Crippen molar-refractivity contribution in [2.24, 2.45) is 5.10 Å². The van der Waals surface area contributed by atoms with Crippen LogP contribution in [-0.4, -0.2) is 37.4 Å². The number of hydrogen-bond donors (Lipinski definition) is 2. The van der Waals surface area contributed by atoms with Gasteiger partial charge in [0.1, 0.15) is 0 Å². The van der Waals surface area contributed by atoms with Gasteiger partial charge in [0.15, 0.2) is 16.6 Å². The van der Waals surface area contributed by atoms with Crippen LogP contribution in [0, 0.1) is 0 Å². The van der Waals surface area contributed by atoms with E-state index in [9.17, 15) is 13.6 Å². The molecule has 0 saturated heterocycles. The molecule has 3 rings (SSSR count). The van der Waals surface area contributed by atoms with Crippen LogP contribution in [0.15, 0.2) is 47.6 Å². The highest BCUT2D eigenvalue weighted by molar-refractivity contribution is 7.22. The molecule has 2 N–H and O–H groups in total. The summed E-state index contributed by atoms with van der Waals surface area (Å²) in [6.45, 7) is -3.06. The average molecular weight is 406 g/mol. The fourth-order valence-corrected chi connectivity index (χ4v) is 3.19. The molecule has 0 bridgehead atoms. The fourth-order valence-electron chi connectivity index (χ4n) is 2.33. The molecular formula is C18H16F2N4O3S. The van der Waals surface area contributed by atoms with Crippen molar-refractivity contribution in [2.45, 2.75) is 6.61 Å². The first kappa shape index (κ1) is 19.5. The normalized spacial score (nSPS) is 11.1. The lowest BCUT2D eigenvalue weighted by atomic mass is 10.2. The lowest BCUT2D eigenvalue weighted by Crippen LogP contribution is -2.25. The van der Waals surface area contributed by atoms with Crippen LogP contribution < -0.4 is 20.2 Å². The molecule has 1 aromatic heterocycles. The number of carbonyl (C=O) groups excluding carboxylic acids is 1. The van der Waals surface area contributed by atoms with E-state index in [-0.39, 0.29) is 23.6 Å². The van der Waals surface area contributed by atoms with Crippen molar-refractivity contribution in [3.05, 3.63) is 48.0 Å². The summed E-state index contributed by atoms with van der Waals surface area (Å²) in [6.07, 6.45) is 1.20. The Balaban J connectivity index is 1.58. The largest absolute Gasteiger partial charge is 0.493 e. The summed E-state index contributed by atoms with van der Waals surface area (Å²) >= 11 is 1.43. The summed E-state index contributed by atoms with van der Waals surface area (Å²) in [6, 6.07) is 12.2. The predicted molar refractivity (Wildman–Crippen MR) is 103 cm³/mol. The van der Waals surface area contributed by atoms with E-state index in [1.54, 1.807) is 6.07 Å². The third kappa shape index (κ3) is 4.92. The van der Waals surface area contributed by atoms with Gasteiger partial charge >= 0.3 is 6.61 Å². The Labute approximate surface area is 163 Å². The number of rotatable bonds is 8. The quantitative estimate of drug-likeness (QED) is 0.442. The van der Waals surface area contributed by atoms with Gasteiger partial charge in [-0.05, 0) is 24.3 Å². The van der Waals surface area contributed by atoms with Crippen molar-refractivity contribution >= 4 is 38.8 Å². The van der Waals surface area contributed by atoms with Crippen molar-refractivity contribution in [1.29, 1.82) is 0 Å². The third-order valence-corrected chi connectivity index (χ3v) is 4.52. The smallest absolute Gasteiger partial charge is 0.387 e. The zero-order valence-electron chi connectivity index (χ0n) is 14.7. The monoisotopic (exact) mass is 406 g/mol. The number of nitrogens with one attached hydrogen (secondary N) is 2. The topological polar surface area (TPSA) is 84.8 Å². The number of hydrazone groups is 1. The molecule has 0 aliphatic rings. The van der Waals surface area contributed by atoms with Gasteiger partial charge in [-0.3, -0.25) is 4.79 Å². The molecular weight excluding hydrogens is 390 g/mol. The number of halogens is 2. The summed E-state index contributed by atoms with van der Waals surface area (Å²) in [5.74, 6) is -0.451. The van der Waals surface area contributed by atoms with Gasteiger partial charge in [0.05, 0.1) is 30.1 Å². The number of benzene rings is 2. The van der Waals surface area contributed by atoms with Gasteiger partial charge in [0, 0.05) is 5.56 Å². The van der Waals surface area contributed by atoms with Crippen LogP contribution in [0.25, 0.3) is 10.2 Å². The van der Waals surface area contributed by atoms with Crippen molar-refractivity contribution in [3.63, 3.8) is 0 Å². The molecule has 1 heterocycles. The molecule has 3 aromatic rings. The van der Waals surface area contributed by atoms with Crippen molar-refractivity contribution < 1.29 is 23.0 Å². The molecule has 0 spiro atoms. The molecule has 0 saturated carbocycles. The van der Waals surface area contributed by atoms with Crippen molar-refractivity contribution in [2.75, 3.05) is 19.0 Å². The Kier molecular flexibility index (Phi) is 6.33. The minimum atomic E-state index is -3.02. The number of thiazole rings is 1. The highest BCUT2D eigenvalue weighted by Gasteiger charge is 2.14. The number of anilines is 1. The van der Waals surface area contributed by atoms with Crippen molar-refractivity contribution in [3.8, 4) is 11.5 Å². The van der Waals surface area contributed by atoms with Gasteiger partial charge in [0.25, 0.3) is 5.91 Å². The summed E-state index contributed by atoms with van der Waals surface area (Å²) in [5, 5.41) is 7.31. The Hall–Kier alpha value is -3.27. The Morgan fingerprint density at radius 3 is 2.86 bits per heavy atom. The van der Waals surface area contributed by atoms with E-state index in [2.05, 4.69) is 25.6 Å². The molecule has 0 unspecified atom stereocenters. The molecule has 7 nitrogen and oxygen atoms in total. The summed E-state index contributed by atoms with van der Waals surface area (Å²) in [5.41, 5.74) is 3.39. The van der Waals surface area contributed by atoms with Crippen LogP contribution in [0.5, 0.6) is 11.5 Å². The van der Waals surface area contributed by atoms with Gasteiger partial charge in [0.2, 0.25) is 0 Å². The number of carbonyl (C=O) groups is 1. The predicted octanol–water partition coefficient (Wildman–Crippen LogP) is 3.47. The van der Waals surface area contributed by atoms with Crippen LogP contribution in [0.2, 0.25) is 0 Å². The van der Waals surface area contributed by atoms with Gasteiger partial charge in [-0.25, -0.2) is 10.4 Å². The molecule has 0 atom stereocenters. The first-order valence-electron chi connectivity index (χ1n) is 8.10. The number of amides is 1. The number of fused-ring (bicyclic) bond motifs is 1. The fraction of sp³-hybridized carbons (Fsp3) is 0.167. The van der Waals surface area contributed by atoms with E-state index in [1.165, 1.54) is 36.8 Å². The summed E-state index contributed by atoms with van der Waals surface area (Å²) in [4.78, 5) is 16.3. The maximum Gasteiger partial charge on any atom is 0.387 e. The van der Waals surface area contributed by atoms with E-state index in [1.807, 2.05) is 24.3 Å². The van der Waals surface area contributed by atoms with Gasteiger partial charge in [-0.2, -0.15) is 13.9 Å². The van der Waals surface area contributed by atoms with Crippen molar-refractivity contribution in [1.82, 2.24) is 10.4 Å². The number of ether oxygens (including phenoxy) is 2. The number of aromatic nitrogens is 1. The first-order chi connectivity index (χ1) is 13.6. The van der Waals surface area contributed by atoms with E-state index >= 15 is 0 Å². The number of methoxy groups -OCH3 is 1. The highest BCUT2D eigenvalue weighted by atomic mass is 32.1. The van der Waals surface area contributed by atoms with Crippen LogP contribution in [0.3, 0.4) is 0 Å². The molecule has 0 fully saturated rings. The van der Waals surface area contributed by atoms with E-state index in [0.717, 1.165) is 10.2 Å². The minimum absolute atomic E-state index is 0.0460. The third-order valence-electron chi connectivity index (χ3n) is 3.52. The van der Waals surface area contributed by atoms with Crippen LogP contribution in [0.1, 0.15) is 5.56 Å². The summed E-state index contributed by atoms with van der Waals surface area (Å²) < 4.78 is 35.7. The van der Waals surface area contributed by atoms with E-state index in [4.69, 9.17) is 4.74 Å². The second-order valence-electron chi connectivity index (χ2n) is 5.39. The Morgan fingerprint density at radius 2 is 2.11 bits per heavy atom. The number of para-hydroxylation sites is 2. The average Bonchev–Trinajstić information content (AvgIpc) is 3.10. The lowest BCUT2D eigenvalue weighted by Gasteiger charge is -2.11. The Morgan fingerprint density at radius 1 is 1.29 bits per heavy atom. The van der Waals surface area contributed by atoms with Gasteiger partial charge in [-0.1, -0.05) is 29.5 Å². The highest BCUT2D eigenvalue weighted by Crippen LogP contribution is 2.31. The van der Waals surface area contributed by atoms with Crippen LogP contribution >= 0.6 is 11.3 Å². The minimum Gasteiger partial charge on any atom is -0.493 e. The SMILES string of the molecule is COc1cccc(/C=N\NC(=O)CNc2nc3ccccc3s2)c1OC(F)F. The number of hydrogen-bond acceptors (Lipinski definition) is 7. The lowest BCUT2D eigenvalue weighted by molar-refractivity contribution is -0.119. The second kappa shape index (κ2) is 9.09. The summed E-state index contributed by atoms with van der Waals surface area (Å²) in [7, 11) is 1.34. The maximum absolute atomic E-state index is 12.6. The Bertz CT molecular complexity index is 961. The molecule has 0 radical (unpaired) electrons.